The van der Waals surface area contributed by atoms with E-state index in [0.717, 1.165) is 41.9 Å². The molecule has 0 unspecified atom stereocenters. The number of aromatic nitrogens is 3. The van der Waals surface area contributed by atoms with Gasteiger partial charge in [-0.05, 0) is 31.4 Å². The molecule has 0 bridgehead atoms. The number of guanidine groups is 1. The number of nitrogens with zero attached hydrogens (tertiary/aromatic N) is 5. The van der Waals surface area contributed by atoms with Crippen molar-refractivity contribution in [2.75, 3.05) is 20.6 Å². The minimum Gasteiger partial charge on any atom is -0.356 e. The van der Waals surface area contributed by atoms with Crippen LogP contribution in [0.4, 0.5) is 0 Å². The van der Waals surface area contributed by atoms with Crippen molar-refractivity contribution in [3.05, 3.63) is 44.9 Å². The van der Waals surface area contributed by atoms with Gasteiger partial charge in [-0.1, -0.05) is 13.8 Å². The maximum Gasteiger partial charge on any atom is 0.193 e. The zero-order valence-corrected chi connectivity index (χ0v) is 22.4. The number of hydrogen-bond donors (Lipinski definition) is 1. The molecular weight excluding hydrogens is 527 g/mol. The van der Waals surface area contributed by atoms with Gasteiger partial charge in [0.1, 0.15) is 0 Å². The molecule has 6 nitrogen and oxygen atoms in total. The van der Waals surface area contributed by atoms with E-state index in [2.05, 4.69) is 69.9 Å². The molecule has 0 aliphatic rings. The first-order chi connectivity index (χ1) is 13.9. The Morgan fingerprint density at radius 1 is 1.33 bits per heavy atom. The summed E-state index contributed by atoms with van der Waals surface area (Å²) in [6.07, 6.45) is 3.07. The van der Waals surface area contributed by atoms with Gasteiger partial charge in [-0.2, -0.15) is 5.10 Å². The van der Waals surface area contributed by atoms with E-state index in [4.69, 9.17) is 0 Å². The van der Waals surface area contributed by atoms with Crippen molar-refractivity contribution in [1.82, 2.24) is 25.0 Å². The second-order valence-electron chi connectivity index (χ2n) is 7.47. The molecule has 0 saturated heterocycles. The number of aliphatic imine (C=N–C) groups is 1. The fourth-order valence-electron chi connectivity index (χ4n) is 3.30. The molecular formula is C21H31IN6S2. The van der Waals surface area contributed by atoms with Crippen LogP contribution in [0.3, 0.4) is 0 Å². The van der Waals surface area contributed by atoms with Crippen LogP contribution in [0.2, 0.25) is 0 Å². The Hall–Kier alpha value is -1.46. The van der Waals surface area contributed by atoms with E-state index >= 15 is 0 Å². The molecule has 0 aliphatic carbocycles. The zero-order chi connectivity index (χ0) is 21.0. The van der Waals surface area contributed by atoms with E-state index in [-0.39, 0.29) is 24.0 Å². The normalized spacial score (nSPS) is 11.6. The van der Waals surface area contributed by atoms with Gasteiger partial charge in [-0.15, -0.1) is 46.7 Å². The minimum absolute atomic E-state index is 0. The molecule has 3 heterocycles. The summed E-state index contributed by atoms with van der Waals surface area (Å²) in [6, 6.07) is 4.37. The Morgan fingerprint density at radius 2 is 2.10 bits per heavy atom. The molecule has 0 aliphatic heterocycles. The molecule has 3 rings (SSSR count). The lowest BCUT2D eigenvalue weighted by Gasteiger charge is -2.22. The van der Waals surface area contributed by atoms with E-state index in [1.165, 1.54) is 15.3 Å². The lowest BCUT2D eigenvalue weighted by molar-refractivity contribution is 0.474. The molecule has 0 saturated carbocycles. The Kier molecular flexibility index (Phi) is 9.30. The standard InChI is InChI=1S/C21H30N6S2.HI/c1-14(2)20-16(12-27(6)25-20)11-26(5)21(22-4)23-10-9-17-7-8-19(29-17)18-13-28-15(3)24-18;/h7-8,12-14H,9-11H2,1-6H3,(H,22,23);1H. The van der Waals surface area contributed by atoms with Gasteiger partial charge in [0, 0.05) is 56.3 Å². The van der Waals surface area contributed by atoms with Crippen molar-refractivity contribution in [2.24, 2.45) is 12.0 Å². The van der Waals surface area contributed by atoms with Crippen LogP contribution in [0.25, 0.3) is 10.6 Å². The lowest BCUT2D eigenvalue weighted by atomic mass is 10.1. The van der Waals surface area contributed by atoms with Gasteiger partial charge in [0.2, 0.25) is 0 Å². The highest BCUT2D eigenvalue weighted by atomic mass is 127. The van der Waals surface area contributed by atoms with Crippen molar-refractivity contribution in [3.63, 3.8) is 0 Å². The fraction of sp³-hybridized carbons (Fsp3) is 0.476. The molecule has 0 fully saturated rings. The van der Waals surface area contributed by atoms with E-state index in [9.17, 15) is 0 Å². The Bertz CT molecular complexity index is 972. The van der Waals surface area contributed by atoms with Crippen LogP contribution in [-0.2, 0) is 20.0 Å². The summed E-state index contributed by atoms with van der Waals surface area (Å²) in [5.74, 6) is 1.31. The first-order valence-corrected chi connectivity index (χ1v) is 11.5. The van der Waals surface area contributed by atoms with Crippen molar-refractivity contribution in [1.29, 1.82) is 0 Å². The highest BCUT2D eigenvalue weighted by Gasteiger charge is 2.15. The van der Waals surface area contributed by atoms with Crippen LogP contribution in [0, 0.1) is 6.92 Å². The number of thiazole rings is 1. The summed E-state index contributed by atoms with van der Waals surface area (Å²) >= 11 is 3.51. The monoisotopic (exact) mass is 558 g/mol. The highest BCUT2D eigenvalue weighted by Crippen LogP contribution is 2.29. The molecule has 0 aromatic carbocycles. The van der Waals surface area contributed by atoms with Crippen LogP contribution >= 0.6 is 46.7 Å². The number of aryl methyl sites for hydroxylation is 2. The van der Waals surface area contributed by atoms with E-state index < -0.39 is 0 Å². The smallest absolute Gasteiger partial charge is 0.193 e. The van der Waals surface area contributed by atoms with E-state index in [1.54, 1.807) is 11.3 Å². The predicted molar refractivity (Wildman–Crippen MR) is 139 cm³/mol. The third-order valence-electron chi connectivity index (χ3n) is 4.65. The summed E-state index contributed by atoms with van der Waals surface area (Å²) in [5, 5.41) is 11.3. The average molecular weight is 559 g/mol. The van der Waals surface area contributed by atoms with Crippen LogP contribution < -0.4 is 5.32 Å². The predicted octanol–water partition coefficient (Wildman–Crippen LogP) is 4.90. The molecule has 0 atom stereocenters. The summed E-state index contributed by atoms with van der Waals surface area (Å²) in [7, 11) is 5.88. The van der Waals surface area contributed by atoms with Crippen LogP contribution in [0.1, 0.15) is 40.9 Å². The van der Waals surface area contributed by atoms with Gasteiger partial charge in [0.25, 0.3) is 0 Å². The van der Waals surface area contributed by atoms with Gasteiger partial charge in [-0.25, -0.2) is 4.98 Å². The van der Waals surface area contributed by atoms with Gasteiger partial charge in [0.15, 0.2) is 5.96 Å². The number of nitrogens with one attached hydrogen (secondary N) is 1. The third kappa shape index (κ3) is 6.27. The summed E-state index contributed by atoms with van der Waals surface area (Å²) in [4.78, 5) is 13.8. The maximum absolute atomic E-state index is 4.61. The third-order valence-corrected chi connectivity index (χ3v) is 6.59. The molecule has 3 aromatic rings. The second-order valence-corrected chi connectivity index (χ2v) is 9.70. The highest BCUT2D eigenvalue weighted by molar-refractivity contribution is 14.0. The van der Waals surface area contributed by atoms with Crippen molar-refractivity contribution >= 4 is 52.6 Å². The number of hydrogen-bond acceptors (Lipinski definition) is 5. The summed E-state index contributed by atoms with van der Waals surface area (Å²) < 4.78 is 1.90. The molecule has 30 heavy (non-hydrogen) atoms. The Labute approximate surface area is 204 Å². The maximum atomic E-state index is 4.61. The molecule has 1 N–H and O–H groups in total. The van der Waals surface area contributed by atoms with Gasteiger partial charge in [0.05, 0.1) is 21.3 Å². The molecule has 164 valence electrons. The fourth-order valence-corrected chi connectivity index (χ4v) is 4.96. The molecule has 0 radical (unpaired) electrons. The van der Waals surface area contributed by atoms with Crippen LogP contribution in [-0.4, -0.2) is 46.3 Å². The van der Waals surface area contributed by atoms with Crippen molar-refractivity contribution in [3.8, 4) is 10.6 Å². The lowest BCUT2D eigenvalue weighted by Crippen LogP contribution is -2.39. The molecule has 3 aromatic heterocycles. The number of halogens is 1. The van der Waals surface area contributed by atoms with Gasteiger partial charge in [-0.3, -0.25) is 9.67 Å². The molecule has 0 spiro atoms. The quantitative estimate of drug-likeness (QED) is 0.255. The van der Waals surface area contributed by atoms with Gasteiger partial charge >= 0.3 is 0 Å². The number of rotatable bonds is 7. The topological polar surface area (TPSA) is 58.3 Å². The van der Waals surface area contributed by atoms with Crippen LogP contribution in [0.15, 0.2) is 28.7 Å². The van der Waals surface area contributed by atoms with Crippen molar-refractivity contribution < 1.29 is 0 Å². The number of thiophene rings is 1. The Morgan fingerprint density at radius 3 is 2.73 bits per heavy atom. The summed E-state index contributed by atoms with van der Waals surface area (Å²) in [6.45, 7) is 8.04. The minimum atomic E-state index is 0. The molecule has 9 heteroatoms. The largest absolute Gasteiger partial charge is 0.356 e. The zero-order valence-electron chi connectivity index (χ0n) is 18.5. The SMILES string of the molecule is CN=C(NCCc1ccc(-c2csc(C)n2)s1)N(C)Cc1cn(C)nc1C(C)C.I. The van der Waals surface area contributed by atoms with E-state index in [1.807, 2.05) is 37.0 Å². The first kappa shape index (κ1) is 24.8. The van der Waals surface area contributed by atoms with Gasteiger partial charge < -0.3 is 10.2 Å². The van der Waals surface area contributed by atoms with Crippen LogP contribution in [0.5, 0.6) is 0 Å². The van der Waals surface area contributed by atoms with Crippen molar-refractivity contribution in [2.45, 2.75) is 39.7 Å². The molecule has 0 amide bonds. The Balaban J connectivity index is 0.00000320. The average Bonchev–Trinajstić information content (AvgIpc) is 3.38. The second kappa shape index (κ2) is 11.2. The first-order valence-electron chi connectivity index (χ1n) is 9.82. The summed E-state index contributed by atoms with van der Waals surface area (Å²) in [5.41, 5.74) is 3.48. The van der Waals surface area contributed by atoms with E-state index in [0.29, 0.717) is 5.92 Å².